The Morgan fingerprint density at radius 1 is 1.32 bits per heavy atom. The maximum atomic E-state index is 12.5. The van der Waals surface area contributed by atoms with Crippen LogP contribution in [0.4, 0.5) is 0 Å². The number of benzene rings is 1. The standard InChI is InChI=1S/C19H27NO5/c1-2-5-14(19(22)23)12-20-18(21)17-7-4-3-6-15(17)13-25-16-8-10-24-11-9-16/h3-4,6-7,14,16H,2,5,8-13H2,1H3,(H,20,21)(H,22,23). The second-order valence-electron chi connectivity index (χ2n) is 6.31. The van der Waals surface area contributed by atoms with Crippen molar-refractivity contribution in [2.75, 3.05) is 19.8 Å². The van der Waals surface area contributed by atoms with Crippen molar-refractivity contribution in [1.29, 1.82) is 0 Å². The molecule has 1 aliphatic heterocycles. The van der Waals surface area contributed by atoms with Gasteiger partial charge in [-0.1, -0.05) is 31.5 Å². The van der Waals surface area contributed by atoms with Crippen LogP contribution in [0, 0.1) is 5.92 Å². The van der Waals surface area contributed by atoms with Crippen LogP contribution in [-0.4, -0.2) is 42.8 Å². The summed E-state index contributed by atoms with van der Waals surface area (Å²) in [7, 11) is 0. The number of carboxylic acids is 1. The highest BCUT2D eigenvalue weighted by Gasteiger charge is 2.19. The van der Waals surface area contributed by atoms with Crippen LogP contribution in [-0.2, 0) is 20.9 Å². The molecule has 6 nitrogen and oxygen atoms in total. The largest absolute Gasteiger partial charge is 0.481 e. The average molecular weight is 349 g/mol. The second-order valence-corrected chi connectivity index (χ2v) is 6.31. The Bertz CT molecular complexity index is 569. The van der Waals surface area contributed by atoms with Gasteiger partial charge in [-0.2, -0.15) is 0 Å². The molecule has 1 atom stereocenters. The molecule has 1 amide bonds. The van der Waals surface area contributed by atoms with Crippen molar-refractivity contribution in [1.82, 2.24) is 5.32 Å². The van der Waals surface area contributed by atoms with E-state index in [-0.39, 0.29) is 18.6 Å². The Morgan fingerprint density at radius 3 is 2.72 bits per heavy atom. The summed E-state index contributed by atoms with van der Waals surface area (Å²) in [5.41, 5.74) is 1.35. The predicted octanol–water partition coefficient (Wildman–Crippen LogP) is 2.61. The first-order valence-electron chi connectivity index (χ1n) is 8.90. The molecule has 0 bridgehead atoms. The minimum Gasteiger partial charge on any atom is -0.481 e. The number of amides is 1. The van der Waals surface area contributed by atoms with Gasteiger partial charge in [-0.05, 0) is 30.9 Å². The van der Waals surface area contributed by atoms with E-state index in [2.05, 4.69) is 5.32 Å². The van der Waals surface area contributed by atoms with E-state index in [0.717, 1.165) is 24.8 Å². The zero-order valence-electron chi connectivity index (χ0n) is 14.7. The highest BCUT2D eigenvalue weighted by Crippen LogP contribution is 2.16. The monoisotopic (exact) mass is 349 g/mol. The zero-order chi connectivity index (χ0) is 18.1. The zero-order valence-corrected chi connectivity index (χ0v) is 14.7. The van der Waals surface area contributed by atoms with Gasteiger partial charge in [-0.25, -0.2) is 0 Å². The van der Waals surface area contributed by atoms with Crippen LogP contribution >= 0.6 is 0 Å². The smallest absolute Gasteiger partial charge is 0.308 e. The lowest BCUT2D eigenvalue weighted by atomic mass is 10.0. The third kappa shape index (κ3) is 6.14. The molecule has 1 heterocycles. The summed E-state index contributed by atoms with van der Waals surface area (Å²) in [6.45, 7) is 3.85. The summed E-state index contributed by atoms with van der Waals surface area (Å²) in [5.74, 6) is -1.69. The number of hydrogen-bond acceptors (Lipinski definition) is 4. The van der Waals surface area contributed by atoms with Crippen LogP contribution in [0.25, 0.3) is 0 Å². The fraction of sp³-hybridized carbons (Fsp3) is 0.579. The number of hydrogen-bond donors (Lipinski definition) is 2. The molecule has 2 rings (SSSR count). The molecule has 0 saturated carbocycles. The fourth-order valence-electron chi connectivity index (χ4n) is 2.89. The highest BCUT2D eigenvalue weighted by atomic mass is 16.5. The third-order valence-corrected chi connectivity index (χ3v) is 4.40. The van der Waals surface area contributed by atoms with E-state index in [9.17, 15) is 14.7 Å². The van der Waals surface area contributed by atoms with Crippen LogP contribution in [0.1, 0.15) is 48.5 Å². The molecule has 1 aromatic carbocycles. The molecular weight excluding hydrogens is 322 g/mol. The quantitative estimate of drug-likeness (QED) is 0.716. The summed E-state index contributed by atoms with van der Waals surface area (Å²) in [4.78, 5) is 23.7. The molecule has 2 N–H and O–H groups in total. The molecule has 1 saturated heterocycles. The summed E-state index contributed by atoms with van der Waals surface area (Å²) in [5, 5.41) is 11.9. The van der Waals surface area contributed by atoms with Crippen molar-refractivity contribution in [3.63, 3.8) is 0 Å². The van der Waals surface area contributed by atoms with Crippen molar-refractivity contribution in [2.24, 2.45) is 5.92 Å². The predicted molar refractivity (Wildman–Crippen MR) is 93.4 cm³/mol. The average Bonchev–Trinajstić information content (AvgIpc) is 2.64. The van der Waals surface area contributed by atoms with Crippen LogP contribution in [0.2, 0.25) is 0 Å². The van der Waals surface area contributed by atoms with Gasteiger partial charge in [0.2, 0.25) is 0 Å². The molecule has 6 heteroatoms. The van der Waals surface area contributed by atoms with Gasteiger partial charge in [0.25, 0.3) is 5.91 Å². The molecule has 1 aliphatic rings. The van der Waals surface area contributed by atoms with Crippen molar-refractivity contribution < 1.29 is 24.2 Å². The van der Waals surface area contributed by atoms with Gasteiger partial charge in [0, 0.05) is 25.3 Å². The Hall–Kier alpha value is -1.92. The van der Waals surface area contributed by atoms with E-state index >= 15 is 0 Å². The van der Waals surface area contributed by atoms with Crippen molar-refractivity contribution in [2.45, 2.75) is 45.3 Å². The van der Waals surface area contributed by atoms with E-state index < -0.39 is 11.9 Å². The molecule has 0 radical (unpaired) electrons. The highest BCUT2D eigenvalue weighted by molar-refractivity contribution is 5.95. The van der Waals surface area contributed by atoms with Gasteiger partial charge in [-0.15, -0.1) is 0 Å². The number of carbonyl (C=O) groups excluding carboxylic acids is 1. The van der Waals surface area contributed by atoms with Crippen LogP contribution in [0.5, 0.6) is 0 Å². The summed E-state index contributed by atoms with van der Waals surface area (Å²) < 4.78 is 11.2. The van der Waals surface area contributed by atoms with Crippen molar-refractivity contribution in [3.8, 4) is 0 Å². The summed E-state index contributed by atoms with van der Waals surface area (Å²) in [6.07, 6.45) is 3.20. The minimum atomic E-state index is -0.877. The Morgan fingerprint density at radius 2 is 2.04 bits per heavy atom. The maximum absolute atomic E-state index is 12.5. The lowest BCUT2D eigenvalue weighted by Crippen LogP contribution is -2.33. The molecule has 1 aromatic rings. The minimum absolute atomic E-state index is 0.136. The first-order chi connectivity index (χ1) is 12.1. The Labute approximate surface area is 148 Å². The lowest BCUT2D eigenvalue weighted by molar-refractivity contribution is -0.141. The van der Waals surface area contributed by atoms with Crippen molar-refractivity contribution >= 4 is 11.9 Å². The topological polar surface area (TPSA) is 84.9 Å². The molecule has 1 unspecified atom stereocenters. The third-order valence-electron chi connectivity index (χ3n) is 4.40. The lowest BCUT2D eigenvalue weighted by Gasteiger charge is -2.23. The van der Waals surface area contributed by atoms with Gasteiger partial charge in [0.05, 0.1) is 18.6 Å². The SMILES string of the molecule is CCCC(CNC(=O)c1ccccc1COC1CCOCC1)C(=O)O. The number of nitrogens with one attached hydrogen (secondary N) is 1. The summed E-state index contributed by atoms with van der Waals surface area (Å²) in [6, 6.07) is 7.28. The fourth-order valence-corrected chi connectivity index (χ4v) is 2.89. The van der Waals surface area contributed by atoms with Gasteiger partial charge in [-0.3, -0.25) is 9.59 Å². The van der Waals surface area contributed by atoms with E-state index in [0.29, 0.717) is 31.8 Å². The number of ether oxygens (including phenoxy) is 2. The molecule has 25 heavy (non-hydrogen) atoms. The molecule has 0 aliphatic carbocycles. The van der Waals surface area contributed by atoms with Crippen LogP contribution in [0.15, 0.2) is 24.3 Å². The Balaban J connectivity index is 1.93. The van der Waals surface area contributed by atoms with E-state index in [4.69, 9.17) is 9.47 Å². The molecule has 0 aromatic heterocycles. The maximum Gasteiger partial charge on any atom is 0.308 e. The van der Waals surface area contributed by atoms with E-state index in [1.807, 2.05) is 19.1 Å². The number of carboxylic acid groups (broad SMARTS) is 1. The van der Waals surface area contributed by atoms with Gasteiger partial charge in [0.1, 0.15) is 0 Å². The molecular formula is C19H27NO5. The number of carbonyl (C=O) groups is 2. The van der Waals surface area contributed by atoms with E-state index in [1.54, 1.807) is 12.1 Å². The first kappa shape index (κ1) is 19.4. The second kappa shape index (κ2) is 10.2. The van der Waals surface area contributed by atoms with Crippen LogP contribution < -0.4 is 5.32 Å². The summed E-state index contributed by atoms with van der Waals surface area (Å²) >= 11 is 0. The van der Waals surface area contributed by atoms with E-state index in [1.165, 1.54) is 0 Å². The number of rotatable bonds is 9. The van der Waals surface area contributed by atoms with Gasteiger partial charge in [0.15, 0.2) is 0 Å². The van der Waals surface area contributed by atoms with Gasteiger partial charge >= 0.3 is 5.97 Å². The molecule has 1 fully saturated rings. The molecule has 0 spiro atoms. The number of aliphatic carboxylic acids is 1. The molecule has 138 valence electrons. The first-order valence-corrected chi connectivity index (χ1v) is 8.90. The van der Waals surface area contributed by atoms with Crippen molar-refractivity contribution in [3.05, 3.63) is 35.4 Å². The van der Waals surface area contributed by atoms with Crippen LogP contribution in [0.3, 0.4) is 0 Å². The normalized spacial score (nSPS) is 16.4. The Kier molecular flexibility index (Phi) is 7.88. The van der Waals surface area contributed by atoms with Gasteiger partial charge < -0.3 is 19.9 Å².